The van der Waals surface area contributed by atoms with Crippen LogP contribution in [0.5, 0.6) is 0 Å². The maximum absolute atomic E-state index is 13.7. The van der Waals surface area contributed by atoms with Gasteiger partial charge in [-0.15, -0.1) is 0 Å². The molecule has 5 nitrogen and oxygen atoms in total. The van der Waals surface area contributed by atoms with Crippen molar-refractivity contribution >= 4 is 11.8 Å². The first-order chi connectivity index (χ1) is 12.6. The second kappa shape index (κ2) is 7.10. The number of aliphatic hydroxyl groups is 1. The molecule has 3 rings (SSSR count). The fourth-order valence-electron chi connectivity index (χ4n) is 4.07. The number of benzene rings is 1. The number of hydrogen-bond donors (Lipinski definition) is 2. The summed E-state index contributed by atoms with van der Waals surface area (Å²) < 4.78 is 51.7. The Morgan fingerprint density at radius 2 is 1.81 bits per heavy atom. The molecule has 0 spiro atoms. The van der Waals surface area contributed by atoms with Crippen LogP contribution in [0.2, 0.25) is 0 Å². The maximum Gasteiger partial charge on any atom is 0.419 e. The number of carbonyl (C=O) groups is 2. The summed E-state index contributed by atoms with van der Waals surface area (Å²) in [6.07, 6.45) is -4.60. The minimum Gasteiger partial charge on any atom is -0.391 e. The first-order valence-electron chi connectivity index (χ1n) is 8.67. The molecule has 1 aromatic rings. The summed E-state index contributed by atoms with van der Waals surface area (Å²) in [5.74, 6) is -2.17. The van der Waals surface area contributed by atoms with E-state index in [4.69, 9.17) is 0 Å². The summed E-state index contributed by atoms with van der Waals surface area (Å²) in [4.78, 5) is 25.3. The normalized spacial score (nSPS) is 28.0. The van der Waals surface area contributed by atoms with Gasteiger partial charge in [-0.1, -0.05) is 0 Å². The number of nitrogens with one attached hydrogen (secondary N) is 1. The Hall–Kier alpha value is -2.16. The van der Waals surface area contributed by atoms with Crippen LogP contribution < -0.4 is 5.32 Å². The van der Waals surface area contributed by atoms with Crippen LogP contribution in [-0.2, 0) is 11.0 Å². The summed E-state index contributed by atoms with van der Waals surface area (Å²) in [6.45, 7) is 2.06. The highest BCUT2D eigenvalue weighted by molar-refractivity contribution is 5.94. The van der Waals surface area contributed by atoms with Crippen LogP contribution in [-0.4, -0.2) is 47.1 Å². The highest BCUT2D eigenvalue weighted by Crippen LogP contribution is 2.37. The zero-order chi connectivity index (χ0) is 19.9. The van der Waals surface area contributed by atoms with Crippen molar-refractivity contribution in [3.05, 3.63) is 35.1 Å². The van der Waals surface area contributed by atoms with E-state index in [2.05, 4.69) is 5.32 Å². The third-order valence-electron chi connectivity index (χ3n) is 5.34. The fraction of sp³-hybridized carbons (Fsp3) is 0.556. The second-order valence-corrected chi connectivity index (χ2v) is 7.27. The number of alkyl halides is 3. The van der Waals surface area contributed by atoms with E-state index in [1.165, 1.54) is 11.8 Å². The molecule has 2 amide bonds. The van der Waals surface area contributed by atoms with Crippen LogP contribution in [0.3, 0.4) is 0 Å². The standard InChI is InChI=1S/C18H20F4N2O3/c1-9(25)23-15-5-11-7-24(8-12(11)6-16(15)26)17(27)10-2-3-13(14(19)4-10)18(20,21)22/h2-4,11-12,15-16,26H,5-8H2,1H3,(H,23,25)/t11-,12+,15-,16-/m1/s1. The van der Waals surface area contributed by atoms with Crippen molar-refractivity contribution in [3.8, 4) is 0 Å². The Morgan fingerprint density at radius 1 is 1.19 bits per heavy atom. The van der Waals surface area contributed by atoms with Gasteiger partial charge in [-0.25, -0.2) is 4.39 Å². The molecule has 0 radical (unpaired) electrons. The van der Waals surface area contributed by atoms with E-state index in [1.807, 2.05) is 0 Å². The lowest BCUT2D eigenvalue weighted by atomic mass is 9.77. The van der Waals surface area contributed by atoms with Crippen LogP contribution in [0.15, 0.2) is 18.2 Å². The molecule has 1 aromatic carbocycles. The van der Waals surface area contributed by atoms with Crippen molar-refractivity contribution in [1.82, 2.24) is 10.2 Å². The van der Waals surface area contributed by atoms with Gasteiger partial charge in [0.2, 0.25) is 5.91 Å². The van der Waals surface area contributed by atoms with Crippen LogP contribution in [0, 0.1) is 17.7 Å². The topological polar surface area (TPSA) is 69.6 Å². The Kier molecular flexibility index (Phi) is 5.16. The molecule has 1 saturated carbocycles. The van der Waals surface area contributed by atoms with E-state index in [0.717, 1.165) is 6.07 Å². The van der Waals surface area contributed by atoms with E-state index < -0.39 is 29.6 Å². The van der Waals surface area contributed by atoms with E-state index >= 15 is 0 Å². The fourth-order valence-corrected chi connectivity index (χ4v) is 4.07. The molecule has 9 heteroatoms. The van der Waals surface area contributed by atoms with Crippen molar-refractivity contribution in [2.75, 3.05) is 13.1 Å². The summed E-state index contributed by atoms with van der Waals surface area (Å²) in [7, 11) is 0. The molecule has 2 fully saturated rings. The number of fused-ring (bicyclic) bond motifs is 1. The minimum atomic E-state index is -4.82. The van der Waals surface area contributed by atoms with Gasteiger partial charge in [-0.2, -0.15) is 13.2 Å². The highest BCUT2D eigenvalue weighted by atomic mass is 19.4. The van der Waals surface area contributed by atoms with Crippen LogP contribution in [0.4, 0.5) is 17.6 Å². The van der Waals surface area contributed by atoms with Crippen molar-refractivity contribution in [3.63, 3.8) is 0 Å². The summed E-state index contributed by atoms with van der Waals surface area (Å²) in [5, 5.41) is 12.9. The van der Waals surface area contributed by atoms with Gasteiger partial charge in [0.1, 0.15) is 5.82 Å². The molecule has 1 aliphatic heterocycles. The summed E-state index contributed by atoms with van der Waals surface area (Å²) in [6, 6.07) is 1.78. The van der Waals surface area contributed by atoms with Gasteiger partial charge in [-0.3, -0.25) is 9.59 Å². The number of amides is 2. The van der Waals surface area contributed by atoms with Gasteiger partial charge < -0.3 is 15.3 Å². The number of hydrogen-bond acceptors (Lipinski definition) is 3. The number of likely N-dealkylation sites (tertiary alicyclic amines) is 1. The molecular formula is C18H20F4N2O3. The molecule has 1 aliphatic carbocycles. The monoisotopic (exact) mass is 388 g/mol. The number of halogens is 4. The molecule has 4 atom stereocenters. The minimum absolute atomic E-state index is 0.0354. The molecule has 0 aromatic heterocycles. The van der Waals surface area contributed by atoms with E-state index in [1.54, 1.807) is 0 Å². The van der Waals surface area contributed by atoms with Crippen LogP contribution in [0.25, 0.3) is 0 Å². The quantitative estimate of drug-likeness (QED) is 0.764. The molecule has 0 unspecified atom stereocenters. The van der Waals surface area contributed by atoms with Crippen molar-refractivity contribution < 1.29 is 32.3 Å². The van der Waals surface area contributed by atoms with E-state index in [-0.39, 0.29) is 29.3 Å². The Morgan fingerprint density at radius 3 is 2.37 bits per heavy atom. The van der Waals surface area contributed by atoms with Gasteiger partial charge in [0.05, 0.1) is 17.7 Å². The summed E-state index contributed by atoms with van der Waals surface area (Å²) in [5.41, 5.74) is -1.55. The molecular weight excluding hydrogens is 368 g/mol. The zero-order valence-electron chi connectivity index (χ0n) is 14.6. The second-order valence-electron chi connectivity index (χ2n) is 7.27. The van der Waals surface area contributed by atoms with Crippen LogP contribution in [0.1, 0.15) is 35.7 Å². The lowest BCUT2D eigenvalue weighted by molar-refractivity contribution is -0.140. The van der Waals surface area contributed by atoms with Gasteiger partial charge in [0, 0.05) is 25.6 Å². The third-order valence-corrected chi connectivity index (χ3v) is 5.34. The smallest absolute Gasteiger partial charge is 0.391 e. The van der Waals surface area contributed by atoms with Crippen molar-refractivity contribution in [2.24, 2.45) is 11.8 Å². The molecule has 2 aliphatic rings. The van der Waals surface area contributed by atoms with Gasteiger partial charge >= 0.3 is 6.18 Å². The van der Waals surface area contributed by atoms with Gasteiger partial charge in [-0.05, 0) is 42.9 Å². The largest absolute Gasteiger partial charge is 0.419 e. The van der Waals surface area contributed by atoms with Crippen molar-refractivity contribution in [2.45, 2.75) is 38.1 Å². The van der Waals surface area contributed by atoms with Crippen LogP contribution >= 0.6 is 0 Å². The maximum atomic E-state index is 13.7. The lowest BCUT2D eigenvalue weighted by Gasteiger charge is -2.35. The van der Waals surface area contributed by atoms with Crippen molar-refractivity contribution in [1.29, 1.82) is 0 Å². The van der Waals surface area contributed by atoms with E-state index in [0.29, 0.717) is 38.1 Å². The average Bonchev–Trinajstić information content (AvgIpc) is 2.95. The zero-order valence-corrected chi connectivity index (χ0v) is 14.6. The predicted octanol–water partition coefficient (Wildman–Crippen LogP) is 2.19. The predicted molar refractivity (Wildman–Crippen MR) is 87.1 cm³/mol. The SMILES string of the molecule is CC(=O)N[C@@H]1C[C@@H]2CN(C(=O)c3ccc(C(F)(F)F)c(F)c3)C[C@@H]2C[C@H]1O. The van der Waals surface area contributed by atoms with E-state index in [9.17, 15) is 32.3 Å². The number of nitrogens with zero attached hydrogens (tertiary/aromatic N) is 1. The molecule has 27 heavy (non-hydrogen) atoms. The number of aliphatic hydroxyl groups excluding tert-OH is 1. The summed E-state index contributed by atoms with van der Waals surface area (Å²) >= 11 is 0. The first-order valence-corrected chi connectivity index (χ1v) is 8.67. The first kappa shape index (κ1) is 19.6. The molecule has 2 N–H and O–H groups in total. The molecule has 1 heterocycles. The van der Waals surface area contributed by atoms with Gasteiger partial charge in [0.15, 0.2) is 0 Å². The molecule has 0 bridgehead atoms. The molecule has 1 saturated heterocycles. The Labute approximate surface area is 153 Å². The lowest BCUT2D eigenvalue weighted by Crippen LogP contribution is -2.48. The number of carbonyl (C=O) groups excluding carboxylic acids is 2. The molecule has 148 valence electrons. The third kappa shape index (κ3) is 4.07. The van der Waals surface area contributed by atoms with Gasteiger partial charge in [0.25, 0.3) is 5.91 Å². The Bertz CT molecular complexity index is 753. The number of rotatable bonds is 2. The average molecular weight is 388 g/mol. The Balaban J connectivity index is 1.71. The highest BCUT2D eigenvalue weighted by Gasteiger charge is 2.43.